The Morgan fingerprint density at radius 1 is 1.17 bits per heavy atom. The molecule has 1 N–H and O–H groups in total. The molecule has 0 bridgehead atoms. The van der Waals surface area contributed by atoms with E-state index < -0.39 is 40.9 Å². The molecule has 1 heterocycles. The van der Waals surface area contributed by atoms with Crippen LogP contribution in [0.25, 0.3) is 0 Å². The van der Waals surface area contributed by atoms with Gasteiger partial charge in [-0.05, 0) is 31.2 Å². The number of aromatic carboxylic acids is 1. The molecular weight excluding hydrogens is 399 g/mol. The van der Waals surface area contributed by atoms with Gasteiger partial charge in [0.25, 0.3) is 5.91 Å². The summed E-state index contributed by atoms with van der Waals surface area (Å²) in [6, 6.07) is 5.20. The van der Waals surface area contributed by atoms with Gasteiger partial charge in [-0.2, -0.15) is 0 Å². The smallest absolute Gasteiger partial charge is 0.356 e. The summed E-state index contributed by atoms with van der Waals surface area (Å²) in [5, 5.41) is 9.60. The monoisotopic (exact) mass is 422 g/mol. The molecule has 0 spiro atoms. The van der Waals surface area contributed by atoms with Gasteiger partial charge in [0.1, 0.15) is 11.4 Å². The topological polar surface area (TPSA) is 107 Å². The van der Waals surface area contributed by atoms with Crippen molar-refractivity contribution >= 4 is 17.6 Å². The fraction of sp³-hybridized carbons (Fsp3) is 0.350. The van der Waals surface area contributed by atoms with Gasteiger partial charge in [0.2, 0.25) is 5.43 Å². The largest absolute Gasteiger partial charge is 0.491 e. The molecular formula is C20H23FN2O7. The van der Waals surface area contributed by atoms with Crippen LogP contribution in [0.5, 0.6) is 5.75 Å². The van der Waals surface area contributed by atoms with Gasteiger partial charge in [-0.15, -0.1) is 0 Å². The number of benzene rings is 1. The number of carboxylic acid groups (broad SMARTS) is 1. The summed E-state index contributed by atoms with van der Waals surface area (Å²) in [7, 11) is 3.88. The molecule has 10 heteroatoms. The Balaban J connectivity index is 2.65. The first-order valence-electron chi connectivity index (χ1n) is 8.96. The van der Waals surface area contributed by atoms with E-state index in [9.17, 15) is 23.9 Å². The summed E-state index contributed by atoms with van der Waals surface area (Å²) < 4.78 is 29.7. The Hall–Kier alpha value is -3.24. The Bertz CT molecular complexity index is 968. The van der Waals surface area contributed by atoms with Crippen molar-refractivity contribution in [2.24, 2.45) is 0 Å². The van der Waals surface area contributed by atoms with E-state index >= 15 is 0 Å². The van der Waals surface area contributed by atoms with Gasteiger partial charge in [-0.3, -0.25) is 9.59 Å². The van der Waals surface area contributed by atoms with Crippen LogP contribution in [-0.4, -0.2) is 55.7 Å². The zero-order valence-electron chi connectivity index (χ0n) is 17.0. The van der Waals surface area contributed by atoms with Gasteiger partial charge in [0.15, 0.2) is 17.7 Å². The third-order valence-electron chi connectivity index (χ3n) is 4.45. The molecule has 0 aliphatic carbocycles. The maximum absolute atomic E-state index is 13.2. The molecule has 1 amide bonds. The van der Waals surface area contributed by atoms with Gasteiger partial charge in [0, 0.05) is 32.6 Å². The highest BCUT2D eigenvalue weighted by Gasteiger charge is 2.28. The molecule has 1 aromatic heterocycles. The van der Waals surface area contributed by atoms with E-state index in [4.69, 9.17) is 14.2 Å². The average molecular weight is 422 g/mol. The molecule has 0 radical (unpaired) electrons. The molecule has 0 aliphatic heterocycles. The number of carbonyl (C=O) groups is 2. The standard InChI is InChI=1S/C20H23FN2O7/c1-5-23(13-8-6-12(21)7-9-13)19(25)14-10-22(11-15(28-2)29-3)16(20(26)27)18(30-4)17(14)24/h6-10,15H,5,11H2,1-4H3,(H,26,27). The molecule has 2 aromatic rings. The summed E-state index contributed by atoms with van der Waals surface area (Å²) >= 11 is 0. The van der Waals surface area contributed by atoms with Crippen LogP contribution < -0.4 is 15.1 Å². The molecule has 0 atom stereocenters. The Morgan fingerprint density at radius 2 is 1.77 bits per heavy atom. The number of ether oxygens (including phenoxy) is 3. The van der Waals surface area contributed by atoms with E-state index in [-0.39, 0.29) is 18.7 Å². The molecule has 30 heavy (non-hydrogen) atoms. The van der Waals surface area contributed by atoms with E-state index in [1.165, 1.54) is 43.4 Å². The third-order valence-corrected chi connectivity index (χ3v) is 4.45. The first-order valence-corrected chi connectivity index (χ1v) is 8.96. The number of carboxylic acids is 1. The molecule has 0 aliphatic rings. The lowest BCUT2D eigenvalue weighted by Gasteiger charge is -2.23. The van der Waals surface area contributed by atoms with Crippen LogP contribution in [0.15, 0.2) is 35.3 Å². The zero-order chi connectivity index (χ0) is 22.4. The number of carbonyl (C=O) groups excluding carboxylic acids is 1. The molecule has 162 valence electrons. The van der Waals surface area contributed by atoms with Crippen molar-refractivity contribution < 1.29 is 33.3 Å². The molecule has 0 saturated carbocycles. The SMILES string of the molecule is CCN(C(=O)c1cn(CC(OC)OC)c(C(=O)O)c(OC)c1=O)c1ccc(F)cc1. The second-order valence-electron chi connectivity index (χ2n) is 6.14. The molecule has 0 fully saturated rings. The Morgan fingerprint density at radius 3 is 2.23 bits per heavy atom. The number of amides is 1. The number of hydrogen-bond acceptors (Lipinski definition) is 6. The number of anilines is 1. The summed E-state index contributed by atoms with van der Waals surface area (Å²) in [6.45, 7) is 1.76. The van der Waals surface area contributed by atoms with E-state index in [2.05, 4.69) is 0 Å². The van der Waals surface area contributed by atoms with Gasteiger partial charge in [-0.25, -0.2) is 9.18 Å². The normalized spacial score (nSPS) is 10.9. The highest BCUT2D eigenvalue weighted by Crippen LogP contribution is 2.21. The molecule has 2 rings (SSSR count). The first-order chi connectivity index (χ1) is 14.3. The molecule has 0 unspecified atom stereocenters. The van der Waals surface area contributed by atoms with Crippen molar-refractivity contribution in [1.82, 2.24) is 4.57 Å². The minimum absolute atomic E-state index is 0.117. The van der Waals surface area contributed by atoms with E-state index in [0.29, 0.717) is 5.69 Å². The second-order valence-corrected chi connectivity index (χ2v) is 6.14. The average Bonchev–Trinajstić information content (AvgIpc) is 2.73. The lowest BCUT2D eigenvalue weighted by atomic mass is 10.1. The van der Waals surface area contributed by atoms with Gasteiger partial charge in [-0.1, -0.05) is 0 Å². The van der Waals surface area contributed by atoms with Crippen molar-refractivity contribution in [3.8, 4) is 5.75 Å². The first kappa shape index (κ1) is 23.0. The van der Waals surface area contributed by atoms with Crippen LogP contribution in [0.2, 0.25) is 0 Å². The second kappa shape index (κ2) is 9.99. The summed E-state index contributed by atoms with van der Waals surface area (Å²) in [5.74, 6) is -3.07. The highest BCUT2D eigenvalue weighted by atomic mass is 19.1. The van der Waals surface area contributed by atoms with E-state index in [1.807, 2.05) is 0 Å². The number of nitrogens with zero attached hydrogens (tertiary/aromatic N) is 2. The van der Waals surface area contributed by atoms with Crippen LogP contribution in [0, 0.1) is 5.82 Å². The summed E-state index contributed by atoms with van der Waals surface area (Å²) in [6.07, 6.45) is 0.297. The maximum Gasteiger partial charge on any atom is 0.356 e. The zero-order valence-corrected chi connectivity index (χ0v) is 17.0. The number of rotatable bonds is 9. The van der Waals surface area contributed by atoms with E-state index in [1.54, 1.807) is 6.92 Å². The van der Waals surface area contributed by atoms with Gasteiger partial charge < -0.3 is 28.8 Å². The van der Waals surface area contributed by atoms with Crippen molar-refractivity contribution in [2.45, 2.75) is 19.8 Å². The number of halogens is 1. The maximum atomic E-state index is 13.2. The van der Waals surface area contributed by atoms with Crippen LogP contribution in [-0.2, 0) is 16.0 Å². The fourth-order valence-electron chi connectivity index (χ4n) is 2.96. The summed E-state index contributed by atoms with van der Waals surface area (Å²) in [5.41, 5.74) is -1.25. The van der Waals surface area contributed by atoms with Gasteiger partial charge >= 0.3 is 5.97 Å². The third kappa shape index (κ3) is 4.66. The lowest BCUT2D eigenvalue weighted by molar-refractivity contribution is -0.111. The number of hydrogen-bond donors (Lipinski definition) is 1. The number of methoxy groups -OCH3 is 3. The van der Waals surface area contributed by atoms with Crippen molar-refractivity contribution in [2.75, 3.05) is 32.8 Å². The quantitative estimate of drug-likeness (QED) is 0.616. The van der Waals surface area contributed by atoms with Crippen molar-refractivity contribution in [3.05, 3.63) is 57.8 Å². The van der Waals surface area contributed by atoms with Crippen LogP contribution >= 0.6 is 0 Å². The summed E-state index contributed by atoms with van der Waals surface area (Å²) in [4.78, 5) is 39.1. The van der Waals surface area contributed by atoms with Crippen LogP contribution in [0.3, 0.4) is 0 Å². The molecule has 0 saturated heterocycles. The molecule has 9 nitrogen and oxygen atoms in total. The highest BCUT2D eigenvalue weighted by molar-refractivity contribution is 6.06. The van der Waals surface area contributed by atoms with E-state index in [0.717, 1.165) is 17.9 Å². The number of aromatic nitrogens is 1. The fourth-order valence-corrected chi connectivity index (χ4v) is 2.96. The Kier molecular flexibility index (Phi) is 7.67. The number of pyridine rings is 1. The van der Waals surface area contributed by atoms with Crippen molar-refractivity contribution in [1.29, 1.82) is 0 Å². The van der Waals surface area contributed by atoms with Crippen molar-refractivity contribution in [3.63, 3.8) is 0 Å². The minimum atomic E-state index is -1.42. The Labute approximate surface area is 172 Å². The minimum Gasteiger partial charge on any atom is -0.491 e. The predicted octanol–water partition coefficient (Wildman–Crippen LogP) is 1.98. The molecule has 1 aromatic carbocycles. The van der Waals surface area contributed by atoms with Gasteiger partial charge in [0.05, 0.1) is 13.7 Å². The van der Waals surface area contributed by atoms with Crippen LogP contribution in [0.4, 0.5) is 10.1 Å². The van der Waals surface area contributed by atoms with Crippen LogP contribution in [0.1, 0.15) is 27.8 Å². The lowest BCUT2D eigenvalue weighted by Crippen LogP contribution is -2.36. The predicted molar refractivity (Wildman–Crippen MR) is 106 cm³/mol.